The van der Waals surface area contributed by atoms with E-state index in [0.29, 0.717) is 17.3 Å². The van der Waals surface area contributed by atoms with Gasteiger partial charge in [-0.05, 0) is 0 Å². The van der Waals surface area contributed by atoms with E-state index in [0.717, 1.165) is 5.52 Å². The topological polar surface area (TPSA) is 76.8 Å². The smallest absolute Gasteiger partial charge is 0.200 e. The molecule has 5 heteroatoms. The minimum Gasteiger partial charge on any atom is -0.495 e. The van der Waals surface area contributed by atoms with Crippen LogP contribution >= 0.6 is 0 Å². The summed E-state index contributed by atoms with van der Waals surface area (Å²) in [5.41, 5.74) is 6.82. The number of nitrogens with zero attached hydrogens (tertiary/aromatic N) is 2. The quantitative estimate of drug-likeness (QED) is 0.645. The van der Waals surface area contributed by atoms with Gasteiger partial charge in [0, 0.05) is 6.07 Å². The first kappa shape index (κ1) is 6.90. The number of pyridine rings is 1. The van der Waals surface area contributed by atoms with Gasteiger partial charge in [-0.2, -0.15) is 4.98 Å². The summed E-state index contributed by atoms with van der Waals surface area (Å²) in [6.07, 6.45) is 1.60. The lowest BCUT2D eigenvalue weighted by atomic mass is 10.4. The van der Waals surface area contributed by atoms with Gasteiger partial charge in [0.1, 0.15) is 5.75 Å². The number of H-pyrrole nitrogens is 1. The lowest BCUT2D eigenvalue weighted by molar-refractivity contribution is 0.413. The maximum absolute atomic E-state index is 5.43. The normalized spacial score (nSPS) is 10.4. The van der Waals surface area contributed by atoms with E-state index in [2.05, 4.69) is 15.0 Å². The van der Waals surface area contributed by atoms with Crippen LogP contribution in [-0.2, 0) is 0 Å². The summed E-state index contributed by atoms with van der Waals surface area (Å²) in [6.45, 7) is 0. The lowest BCUT2D eigenvalue weighted by Gasteiger charge is -1.95. The van der Waals surface area contributed by atoms with Gasteiger partial charge in [0.2, 0.25) is 0 Å². The highest BCUT2D eigenvalue weighted by atomic mass is 16.5. The zero-order valence-electron chi connectivity index (χ0n) is 6.53. The van der Waals surface area contributed by atoms with Crippen LogP contribution in [0, 0.1) is 0 Å². The molecule has 2 heterocycles. The van der Waals surface area contributed by atoms with Crippen LogP contribution < -0.4 is 10.5 Å². The molecule has 0 aliphatic carbocycles. The molecule has 0 radical (unpaired) electrons. The van der Waals surface area contributed by atoms with E-state index >= 15 is 0 Å². The van der Waals surface area contributed by atoms with Gasteiger partial charge in [-0.1, -0.05) is 0 Å². The average Bonchev–Trinajstić information content (AvgIpc) is 2.43. The fourth-order valence-electron chi connectivity index (χ4n) is 1.01. The van der Waals surface area contributed by atoms with Gasteiger partial charge in [0.05, 0.1) is 18.8 Å². The number of nitrogens with two attached hydrogens (primary N) is 1. The Morgan fingerprint density at radius 3 is 3.17 bits per heavy atom. The number of imidazole rings is 1. The van der Waals surface area contributed by atoms with E-state index in [1.807, 2.05) is 0 Å². The molecule has 12 heavy (non-hydrogen) atoms. The fraction of sp³-hybridized carbons (Fsp3) is 0.143. The Bertz CT molecular complexity index is 409. The molecule has 3 N–H and O–H groups in total. The monoisotopic (exact) mass is 164 g/mol. The summed E-state index contributed by atoms with van der Waals surface area (Å²) in [5.74, 6) is 1.05. The van der Waals surface area contributed by atoms with Crippen LogP contribution in [0.4, 0.5) is 5.95 Å². The molecule has 2 rings (SSSR count). The Labute approximate surface area is 68.6 Å². The van der Waals surface area contributed by atoms with Crippen LogP contribution in [0.5, 0.6) is 5.75 Å². The van der Waals surface area contributed by atoms with Crippen molar-refractivity contribution in [1.29, 1.82) is 0 Å². The molecule has 0 atom stereocenters. The van der Waals surface area contributed by atoms with Gasteiger partial charge in [0.25, 0.3) is 0 Å². The number of hydrogen-bond donors (Lipinski definition) is 2. The van der Waals surface area contributed by atoms with E-state index < -0.39 is 0 Å². The van der Waals surface area contributed by atoms with Gasteiger partial charge in [-0.25, -0.2) is 4.98 Å². The summed E-state index contributed by atoms with van der Waals surface area (Å²) in [6, 6.07) is 1.80. The third-order valence-corrected chi connectivity index (χ3v) is 1.57. The van der Waals surface area contributed by atoms with Crippen molar-refractivity contribution in [2.24, 2.45) is 0 Å². The van der Waals surface area contributed by atoms with Crippen LogP contribution in [0.3, 0.4) is 0 Å². The number of fused-ring (bicyclic) bond motifs is 1. The van der Waals surface area contributed by atoms with Gasteiger partial charge in [0.15, 0.2) is 11.6 Å². The Balaban J connectivity index is 2.66. The van der Waals surface area contributed by atoms with Crippen molar-refractivity contribution in [2.75, 3.05) is 12.8 Å². The van der Waals surface area contributed by atoms with Crippen LogP contribution in [0.2, 0.25) is 0 Å². The molecule has 2 aromatic rings. The van der Waals surface area contributed by atoms with Crippen LogP contribution in [0.15, 0.2) is 12.3 Å². The third kappa shape index (κ3) is 0.952. The number of nitrogen functional groups attached to an aromatic ring is 1. The second kappa shape index (κ2) is 2.37. The predicted molar refractivity (Wildman–Crippen MR) is 44.9 cm³/mol. The molecule has 0 fully saturated rings. The SMILES string of the molecule is COc1cnc2nc(N)[nH]c2c1. The number of nitrogens with one attached hydrogen (secondary N) is 1. The second-order valence-corrected chi connectivity index (χ2v) is 2.37. The first-order valence-electron chi connectivity index (χ1n) is 3.45. The number of aromatic nitrogens is 3. The van der Waals surface area contributed by atoms with E-state index in [4.69, 9.17) is 10.5 Å². The predicted octanol–water partition coefficient (Wildman–Crippen LogP) is 0.549. The molecule has 0 bridgehead atoms. The van der Waals surface area contributed by atoms with Crippen molar-refractivity contribution >= 4 is 17.1 Å². The summed E-state index contributed by atoms with van der Waals surface area (Å²) in [7, 11) is 1.59. The molecule has 0 saturated carbocycles. The molecule has 0 aliphatic heterocycles. The maximum Gasteiger partial charge on any atom is 0.200 e. The molecule has 0 spiro atoms. The number of anilines is 1. The van der Waals surface area contributed by atoms with E-state index in [9.17, 15) is 0 Å². The average molecular weight is 164 g/mol. The Hall–Kier alpha value is -1.78. The van der Waals surface area contributed by atoms with Crippen molar-refractivity contribution in [2.45, 2.75) is 0 Å². The summed E-state index contributed by atoms with van der Waals surface area (Å²) in [5, 5.41) is 0. The standard InChI is InChI=1S/C7H8N4O/c1-12-4-2-5-6(9-3-4)11-7(8)10-5/h2-3H,1H3,(H3,8,9,10,11). The zero-order chi connectivity index (χ0) is 8.55. The molecule has 0 aromatic carbocycles. The summed E-state index contributed by atoms with van der Waals surface area (Å²) >= 11 is 0. The first-order chi connectivity index (χ1) is 5.79. The van der Waals surface area contributed by atoms with Crippen molar-refractivity contribution in [3.63, 3.8) is 0 Å². The molecular formula is C7H8N4O. The van der Waals surface area contributed by atoms with Crippen molar-refractivity contribution < 1.29 is 4.74 Å². The minimum atomic E-state index is 0.366. The third-order valence-electron chi connectivity index (χ3n) is 1.57. The van der Waals surface area contributed by atoms with Gasteiger partial charge in [-0.15, -0.1) is 0 Å². The van der Waals surface area contributed by atoms with Crippen molar-refractivity contribution in [3.8, 4) is 5.75 Å². The van der Waals surface area contributed by atoms with Gasteiger partial charge >= 0.3 is 0 Å². The van der Waals surface area contributed by atoms with Gasteiger partial charge < -0.3 is 15.5 Å². The number of hydrogen-bond acceptors (Lipinski definition) is 4. The Morgan fingerprint density at radius 1 is 1.58 bits per heavy atom. The molecule has 0 saturated heterocycles. The maximum atomic E-state index is 5.43. The second-order valence-electron chi connectivity index (χ2n) is 2.37. The van der Waals surface area contributed by atoms with E-state index in [1.165, 1.54) is 0 Å². The zero-order valence-corrected chi connectivity index (χ0v) is 6.53. The summed E-state index contributed by atoms with van der Waals surface area (Å²) in [4.78, 5) is 10.8. The highest BCUT2D eigenvalue weighted by molar-refractivity contribution is 5.74. The van der Waals surface area contributed by atoms with Gasteiger partial charge in [-0.3, -0.25) is 0 Å². The number of aromatic amines is 1. The van der Waals surface area contributed by atoms with Crippen LogP contribution in [0.1, 0.15) is 0 Å². The van der Waals surface area contributed by atoms with Crippen molar-refractivity contribution in [1.82, 2.24) is 15.0 Å². The van der Waals surface area contributed by atoms with E-state index in [-0.39, 0.29) is 0 Å². The van der Waals surface area contributed by atoms with E-state index in [1.54, 1.807) is 19.4 Å². The molecule has 0 aliphatic rings. The summed E-state index contributed by atoms with van der Waals surface area (Å²) < 4.78 is 4.98. The largest absolute Gasteiger partial charge is 0.495 e. The molecular weight excluding hydrogens is 156 g/mol. The van der Waals surface area contributed by atoms with Crippen LogP contribution in [-0.4, -0.2) is 22.1 Å². The minimum absolute atomic E-state index is 0.366. The number of rotatable bonds is 1. The van der Waals surface area contributed by atoms with Crippen molar-refractivity contribution in [3.05, 3.63) is 12.3 Å². The molecule has 2 aromatic heterocycles. The highest BCUT2D eigenvalue weighted by Crippen LogP contribution is 2.15. The lowest BCUT2D eigenvalue weighted by Crippen LogP contribution is -1.84. The Morgan fingerprint density at radius 2 is 2.42 bits per heavy atom. The molecule has 0 amide bonds. The van der Waals surface area contributed by atoms with Crippen LogP contribution in [0.25, 0.3) is 11.2 Å². The number of methoxy groups -OCH3 is 1. The first-order valence-corrected chi connectivity index (χ1v) is 3.45. The fourth-order valence-corrected chi connectivity index (χ4v) is 1.01. The number of ether oxygens (including phenoxy) is 1. The highest BCUT2D eigenvalue weighted by Gasteiger charge is 2.01. The Kier molecular flexibility index (Phi) is 1.36. The molecule has 5 nitrogen and oxygen atoms in total. The molecule has 62 valence electrons. The molecule has 0 unspecified atom stereocenters.